The Hall–Kier alpha value is -0.530. The number of nitrogens with one attached hydrogen (secondary N) is 1. The summed E-state index contributed by atoms with van der Waals surface area (Å²) < 4.78 is 0. The standard InChI is InChI=1S/C12H21NO/c1-9(2)10-8-11(14)13-12(10)6-4-3-5-7-12/h9-10H,3-8H2,1-2H3,(H,13,14). The number of hydrogen-bond donors (Lipinski definition) is 1. The normalized spacial score (nSPS) is 31.1. The van der Waals surface area contributed by atoms with Gasteiger partial charge in [0.2, 0.25) is 5.91 Å². The molecule has 0 aromatic carbocycles. The van der Waals surface area contributed by atoms with Crippen molar-refractivity contribution in [3.05, 3.63) is 0 Å². The van der Waals surface area contributed by atoms with Crippen molar-refractivity contribution in [2.24, 2.45) is 11.8 Å². The first-order chi connectivity index (χ1) is 6.64. The molecule has 2 nitrogen and oxygen atoms in total. The second kappa shape index (κ2) is 3.56. The maximum Gasteiger partial charge on any atom is 0.220 e. The Morgan fingerprint density at radius 1 is 1.29 bits per heavy atom. The molecule has 1 heterocycles. The van der Waals surface area contributed by atoms with Crippen molar-refractivity contribution in [2.75, 3.05) is 0 Å². The molecule has 1 N–H and O–H groups in total. The Kier molecular flexibility index (Phi) is 2.54. The van der Waals surface area contributed by atoms with Crippen LogP contribution in [-0.2, 0) is 4.79 Å². The van der Waals surface area contributed by atoms with Crippen LogP contribution in [0.2, 0.25) is 0 Å². The molecule has 1 saturated heterocycles. The van der Waals surface area contributed by atoms with Crippen LogP contribution in [0.4, 0.5) is 0 Å². The molecule has 1 saturated carbocycles. The number of carbonyl (C=O) groups is 1. The summed E-state index contributed by atoms with van der Waals surface area (Å²) in [6.07, 6.45) is 7.12. The second-order valence-electron chi connectivity index (χ2n) is 5.32. The minimum Gasteiger partial charge on any atom is -0.350 e. The predicted molar refractivity (Wildman–Crippen MR) is 56.9 cm³/mol. The van der Waals surface area contributed by atoms with Crippen LogP contribution in [0.1, 0.15) is 52.4 Å². The Balaban J connectivity index is 2.17. The molecule has 0 bridgehead atoms. The van der Waals surface area contributed by atoms with Crippen molar-refractivity contribution >= 4 is 5.91 Å². The van der Waals surface area contributed by atoms with Crippen LogP contribution in [-0.4, -0.2) is 11.4 Å². The highest BCUT2D eigenvalue weighted by molar-refractivity contribution is 5.80. The molecule has 1 unspecified atom stereocenters. The minimum absolute atomic E-state index is 0.184. The maximum absolute atomic E-state index is 11.5. The van der Waals surface area contributed by atoms with Crippen LogP contribution in [0.5, 0.6) is 0 Å². The van der Waals surface area contributed by atoms with Crippen LogP contribution < -0.4 is 5.32 Å². The smallest absolute Gasteiger partial charge is 0.220 e. The summed E-state index contributed by atoms with van der Waals surface area (Å²) in [5.41, 5.74) is 0.184. The summed E-state index contributed by atoms with van der Waals surface area (Å²) in [4.78, 5) is 11.5. The highest BCUT2D eigenvalue weighted by atomic mass is 16.2. The van der Waals surface area contributed by atoms with Gasteiger partial charge < -0.3 is 5.32 Å². The van der Waals surface area contributed by atoms with Crippen LogP contribution in [0.3, 0.4) is 0 Å². The Morgan fingerprint density at radius 3 is 2.50 bits per heavy atom. The molecule has 14 heavy (non-hydrogen) atoms. The molecule has 0 radical (unpaired) electrons. The van der Waals surface area contributed by atoms with E-state index in [2.05, 4.69) is 19.2 Å². The van der Waals surface area contributed by atoms with Crippen molar-refractivity contribution in [1.82, 2.24) is 5.32 Å². The summed E-state index contributed by atoms with van der Waals surface area (Å²) in [5.74, 6) is 1.49. The van der Waals surface area contributed by atoms with E-state index in [1.807, 2.05) is 0 Å². The van der Waals surface area contributed by atoms with E-state index in [0.29, 0.717) is 11.8 Å². The molecule has 1 amide bonds. The summed E-state index contributed by atoms with van der Waals surface area (Å²) in [6.45, 7) is 4.50. The van der Waals surface area contributed by atoms with E-state index >= 15 is 0 Å². The van der Waals surface area contributed by atoms with Crippen molar-refractivity contribution in [1.29, 1.82) is 0 Å². The lowest BCUT2D eigenvalue weighted by Gasteiger charge is -2.40. The zero-order chi connectivity index (χ0) is 10.2. The SMILES string of the molecule is CC(C)C1CC(=O)NC12CCCCC2. The van der Waals surface area contributed by atoms with Gasteiger partial charge in [-0.05, 0) is 24.7 Å². The number of rotatable bonds is 1. The molecule has 2 aliphatic rings. The molecular weight excluding hydrogens is 174 g/mol. The van der Waals surface area contributed by atoms with Crippen molar-refractivity contribution in [2.45, 2.75) is 57.9 Å². The minimum atomic E-state index is 0.184. The van der Waals surface area contributed by atoms with Crippen LogP contribution in [0.15, 0.2) is 0 Å². The van der Waals surface area contributed by atoms with Gasteiger partial charge in [0.25, 0.3) is 0 Å². The molecule has 0 aromatic rings. The second-order valence-corrected chi connectivity index (χ2v) is 5.32. The third-order valence-corrected chi connectivity index (χ3v) is 4.05. The highest BCUT2D eigenvalue weighted by Gasteiger charge is 2.47. The first-order valence-corrected chi connectivity index (χ1v) is 5.95. The van der Waals surface area contributed by atoms with E-state index < -0.39 is 0 Å². The molecular formula is C12H21NO. The van der Waals surface area contributed by atoms with Gasteiger partial charge in [-0.2, -0.15) is 0 Å². The first kappa shape index (κ1) is 10.0. The van der Waals surface area contributed by atoms with Crippen LogP contribution >= 0.6 is 0 Å². The molecule has 0 aromatic heterocycles. The van der Waals surface area contributed by atoms with Crippen molar-refractivity contribution in [3.8, 4) is 0 Å². The summed E-state index contributed by atoms with van der Waals surface area (Å²) in [5, 5.41) is 3.26. The number of carbonyl (C=O) groups excluding carboxylic acids is 1. The molecule has 2 rings (SSSR count). The van der Waals surface area contributed by atoms with Gasteiger partial charge in [0, 0.05) is 12.0 Å². The van der Waals surface area contributed by atoms with E-state index in [1.54, 1.807) is 0 Å². The lowest BCUT2D eigenvalue weighted by atomic mass is 9.70. The fraction of sp³-hybridized carbons (Fsp3) is 0.917. The van der Waals surface area contributed by atoms with E-state index in [9.17, 15) is 4.79 Å². The predicted octanol–water partition coefficient (Wildman–Crippen LogP) is 2.48. The van der Waals surface area contributed by atoms with Gasteiger partial charge in [-0.15, -0.1) is 0 Å². The van der Waals surface area contributed by atoms with Gasteiger partial charge in [0.15, 0.2) is 0 Å². The molecule has 2 fully saturated rings. The zero-order valence-electron chi connectivity index (χ0n) is 9.31. The molecule has 1 aliphatic carbocycles. The first-order valence-electron chi connectivity index (χ1n) is 5.95. The van der Waals surface area contributed by atoms with E-state index in [1.165, 1.54) is 32.1 Å². The molecule has 1 spiro atoms. The van der Waals surface area contributed by atoms with Gasteiger partial charge >= 0.3 is 0 Å². The molecule has 1 aliphatic heterocycles. The Bertz CT molecular complexity index is 228. The van der Waals surface area contributed by atoms with Gasteiger partial charge in [0.05, 0.1) is 0 Å². The summed E-state index contributed by atoms with van der Waals surface area (Å²) >= 11 is 0. The highest BCUT2D eigenvalue weighted by Crippen LogP contribution is 2.43. The maximum atomic E-state index is 11.5. The van der Waals surface area contributed by atoms with Crippen LogP contribution in [0.25, 0.3) is 0 Å². The fourth-order valence-electron chi connectivity index (χ4n) is 3.37. The number of amides is 1. The largest absolute Gasteiger partial charge is 0.350 e. The van der Waals surface area contributed by atoms with E-state index in [0.717, 1.165) is 6.42 Å². The monoisotopic (exact) mass is 195 g/mol. The third-order valence-electron chi connectivity index (χ3n) is 4.05. The number of hydrogen-bond acceptors (Lipinski definition) is 1. The Morgan fingerprint density at radius 2 is 1.93 bits per heavy atom. The zero-order valence-corrected chi connectivity index (χ0v) is 9.31. The Labute approximate surface area is 86.5 Å². The van der Waals surface area contributed by atoms with Gasteiger partial charge in [-0.25, -0.2) is 0 Å². The van der Waals surface area contributed by atoms with E-state index in [4.69, 9.17) is 0 Å². The van der Waals surface area contributed by atoms with Gasteiger partial charge in [0.1, 0.15) is 0 Å². The summed E-state index contributed by atoms with van der Waals surface area (Å²) in [7, 11) is 0. The topological polar surface area (TPSA) is 29.1 Å². The molecule has 80 valence electrons. The van der Waals surface area contributed by atoms with Gasteiger partial charge in [-0.1, -0.05) is 33.1 Å². The summed E-state index contributed by atoms with van der Waals surface area (Å²) in [6, 6.07) is 0. The molecule has 1 atom stereocenters. The quantitative estimate of drug-likeness (QED) is 0.684. The fourth-order valence-corrected chi connectivity index (χ4v) is 3.37. The van der Waals surface area contributed by atoms with E-state index in [-0.39, 0.29) is 11.4 Å². The van der Waals surface area contributed by atoms with Crippen molar-refractivity contribution in [3.63, 3.8) is 0 Å². The third kappa shape index (κ3) is 1.55. The average Bonchev–Trinajstić information content (AvgIpc) is 2.44. The average molecular weight is 195 g/mol. The lowest BCUT2D eigenvalue weighted by molar-refractivity contribution is -0.120. The van der Waals surface area contributed by atoms with Crippen molar-refractivity contribution < 1.29 is 4.79 Å². The molecule has 2 heteroatoms. The van der Waals surface area contributed by atoms with Gasteiger partial charge in [-0.3, -0.25) is 4.79 Å². The lowest BCUT2D eigenvalue weighted by Crippen LogP contribution is -2.48. The van der Waals surface area contributed by atoms with Crippen LogP contribution in [0, 0.1) is 11.8 Å².